The zero-order valence-corrected chi connectivity index (χ0v) is 10.7. The lowest BCUT2D eigenvalue weighted by atomic mass is 10.2. The molecule has 1 aromatic heterocycles. The third-order valence-corrected chi connectivity index (χ3v) is 3.51. The second kappa shape index (κ2) is 6.38. The fourth-order valence-electron chi connectivity index (χ4n) is 2.43. The molecule has 4 heteroatoms. The van der Waals surface area contributed by atoms with Crippen molar-refractivity contribution in [3.63, 3.8) is 0 Å². The van der Waals surface area contributed by atoms with Crippen LogP contribution in [-0.2, 0) is 11.3 Å². The molecule has 0 spiro atoms. The Balaban J connectivity index is 1.85. The van der Waals surface area contributed by atoms with Gasteiger partial charge in [-0.25, -0.2) is 0 Å². The lowest BCUT2D eigenvalue weighted by Crippen LogP contribution is -2.32. The van der Waals surface area contributed by atoms with E-state index in [0.29, 0.717) is 18.7 Å². The molecule has 0 bridgehead atoms. The maximum absolute atomic E-state index is 12.1. The fourth-order valence-corrected chi connectivity index (χ4v) is 2.43. The van der Waals surface area contributed by atoms with E-state index in [1.807, 2.05) is 21.7 Å². The number of aldehydes is 1. The van der Waals surface area contributed by atoms with Crippen molar-refractivity contribution in [2.24, 2.45) is 0 Å². The maximum Gasteiger partial charge on any atom is 0.224 e. The third kappa shape index (κ3) is 3.22. The predicted octanol–water partition coefficient (Wildman–Crippen LogP) is 2.09. The Morgan fingerprint density at radius 2 is 1.94 bits per heavy atom. The summed E-state index contributed by atoms with van der Waals surface area (Å²) in [5.74, 6) is 0.211. The van der Waals surface area contributed by atoms with Gasteiger partial charge in [-0.15, -0.1) is 0 Å². The minimum Gasteiger partial charge on any atom is -0.345 e. The first-order chi connectivity index (χ1) is 8.81. The SMILES string of the molecule is O=Cc1cccn1CCC(=O)N1CCCCCC1. The maximum atomic E-state index is 12.1. The Morgan fingerprint density at radius 3 is 2.61 bits per heavy atom. The van der Waals surface area contributed by atoms with Gasteiger partial charge in [0.1, 0.15) is 0 Å². The number of aryl methyl sites for hydroxylation is 1. The summed E-state index contributed by atoms with van der Waals surface area (Å²) < 4.78 is 1.84. The number of rotatable bonds is 4. The van der Waals surface area contributed by atoms with Gasteiger partial charge in [-0.3, -0.25) is 9.59 Å². The average Bonchev–Trinajstić information content (AvgIpc) is 2.67. The van der Waals surface area contributed by atoms with Gasteiger partial charge < -0.3 is 9.47 Å². The van der Waals surface area contributed by atoms with E-state index in [2.05, 4.69) is 0 Å². The predicted molar refractivity (Wildman–Crippen MR) is 69.5 cm³/mol. The van der Waals surface area contributed by atoms with Crippen LogP contribution in [-0.4, -0.2) is 34.7 Å². The first-order valence-electron chi connectivity index (χ1n) is 6.69. The summed E-state index contributed by atoms with van der Waals surface area (Å²) in [6.07, 6.45) is 7.86. The molecule has 0 unspecified atom stereocenters. The van der Waals surface area contributed by atoms with Gasteiger partial charge in [0.15, 0.2) is 6.29 Å². The molecule has 1 saturated heterocycles. The van der Waals surface area contributed by atoms with Crippen molar-refractivity contribution >= 4 is 12.2 Å². The van der Waals surface area contributed by atoms with E-state index in [0.717, 1.165) is 32.2 Å². The van der Waals surface area contributed by atoms with Crippen LogP contribution in [0.4, 0.5) is 0 Å². The molecule has 0 aliphatic carbocycles. The molecule has 1 amide bonds. The average molecular weight is 248 g/mol. The van der Waals surface area contributed by atoms with E-state index in [4.69, 9.17) is 0 Å². The number of carbonyl (C=O) groups is 2. The lowest BCUT2D eigenvalue weighted by molar-refractivity contribution is -0.131. The largest absolute Gasteiger partial charge is 0.345 e. The van der Waals surface area contributed by atoms with Crippen molar-refractivity contribution in [1.82, 2.24) is 9.47 Å². The highest BCUT2D eigenvalue weighted by atomic mass is 16.2. The fraction of sp³-hybridized carbons (Fsp3) is 0.571. The number of likely N-dealkylation sites (tertiary alicyclic amines) is 1. The van der Waals surface area contributed by atoms with E-state index in [-0.39, 0.29) is 5.91 Å². The van der Waals surface area contributed by atoms with Crippen LogP contribution < -0.4 is 0 Å². The smallest absolute Gasteiger partial charge is 0.224 e. The Labute approximate surface area is 108 Å². The molecule has 1 aromatic rings. The molecule has 18 heavy (non-hydrogen) atoms. The van der Waals surface area contributed by atoms with Crippen molar-refractivity contribution in [2.45, 2.75) is 38.6 Å². The van der Waals surface area contributed by atoms with Crippen LogP contribution in [0.15, 0.2) is 18.3 Å². The standard InChI is InChI=1S/C14H20N2O2/c17-12-13-6-5-10-15(13)11-7-14(18)16-8-3-1-2-4-9-16/h5-6,10,12H,1-4,7-9,11H2. The molecule has 1 fully saturated rings. The molecule has 0 saturated carbocycles. The minimum absolute atomic E-state index is 0.211. The summed E-state index contributed by atoms with van der Waals surface area (Å²) in [4.78, 5) is 24.8. The van der Waals surface area contributed by atoms with Gasteiger partial charge in [0, 0.05) is 32.3 Å². The van der Waals surface area contributed by atoms with Crippen LogP contribution in [0.25, 0.3) is 0 Å². The highest BCUT2D eigenvalue weighted by Gasteiger charge is 2.15. The number of carbonyl (C=O) groups excluding carboxylic acids is 2. The molecule has 0 aromatic carbocycles. The van der Waals surface area contributed by atoms with E-state index in [9.17, 15) is 9.59 Å². The number of hydrogen-bond acceptors (Lipinski definition) is 2. The quantitative estimate of drug-likeness (QED) is 0.766. The number of amides is 1. The van der Waals surface area contributed by atoms with Crippen molar-refractivity contribution in [1.29, 1.82) is 0 Å². The van der Waals surface area contributed by atoms with Crippen LogP contribution >= 0.6 is 0 Å². The van der Waals surface area contributed by atoms with Crippen molar-refractivity contribution < 1.29 is 9.59 Å². The molecule has 0 radical (unpaired) electrons. The molecule has 2 rings (SSSR count). The van der Waals surface area contributed by atoms with Crippen LogP contribution in [0.3, 0.4) is 0 Å². The highest BCUT2D eigenvalue weighted by molar-refractivity contribution is 5.76. The molecule has 1 aliphatic rings. The molecule has 98 valence electrons. The van der Waals surface area contributed by atoms with Crippen molar-refractivity contribution in [3.05, 3.63) is 24.0 Å². The van der Waals surface area contributed by atoms with E-state index in [1.165, 1.54) is 12.8 Å². The topological polar surface area (TPSA) is 42.3 Å². The van der Waals surface area contributed by atoms with Gasteiger partial charge in [-0.05, 0) is 25.0 Å². The Morgan fingerprint density at radius 1 is 1.22 bits per heavy atom. The number of nitrogens with zero attached hydrogens (tertiary/aromatic N) is 2. The third-order valence-electron chi connectivity index (χ3n) is 3.51. The van der Waals surface area contributed by atoms with E-state index < -0.39 is 0 Å². The second-order valence-electron chi connectivity index (χ2n) is 4.79. The second-order valence-corrected chi connectivity index (χ2v) is 4.79. The summed E-state index contributed by atoms with van der Waals surface area (Å²) in [6.45, 7) is 2.38. The van der Waals surface area contributed by atoms with Gasteiger partial charge in [-0.2, -0.15) is 0 Å². The van der Waals surface area contributed by atoms with E-state index in [1.54, 1.807) is 6.07 Å². The monoisotopic (exact) mass is 248 g/mol. The summed E-state index contributed by atoms with van der Waals surface area (Å²) in [5, 5.41) is 0. The molecule has 0 N–H and O–H groups in total. The first-order valence-corrected chi connectivity index (χ1v) is 6.69. The molecular formula is C14H20N2O2. The van der Waals surface area contributed by atoms with Crippen LogP contribution in [0.5, 0.6) is 0 Å². The highest BCUT2D eigenvalue weighted by Crippen LogP contribution is 2.11. The van der Waals surface area contributed by atoms with Crippen LogP contribution in [0.1, 0.15) is 42.6 Å². The van der Waals surface area contributed by atoms with Gasteiger partial charge in [0.2, 0.25) is 5.91 Å². The molecule has 2 heterocycles. The summed E-state index contributed by atoms with van der Waals surface area (Å²) in [5.41, 5.74) is 0.638. The van der Waals surface area contributed by atoms with Gasteiger partial charge in [-0.1, -0.05) is 12.8 Å². The molecule has 4 nitrogen and oxygen atoms in total. The number of hydrogen-bond donors (Lipinski definition) is 0. The normalized spacial score (nSPS) is 16.3. The van der Waals surface area contributed by atoms with Crippen molar-refractivity contribution in [3.8, 4) is 0 Å². The Kier molecular flexibility index (Phi) is 4.56. The zero-order valence-electron chi connectivity index (χ0n) is 10.7. The summed E-state index contributed by atoms with van der Waals surface area (Å²) in [7, 11) is 0. The first kappa shape index (κ1) is 12.9. The van der Waals surface area contributed by atoms with Crippen molar-refractivity contribution in [2.75, 3.05) is 13.1 Å². The Bertz CT molecular complexity index is 404. The molecule has 1 aliphatic heterocycles. The molecular weight excluding hydrogens is 228 g/mol. The summed E-state index contributed by atoms with van der Waals surface area (Å²) in [6, 6.07) is 3.60. The van der Waals surface area contributed by atoms with Crippen LogP contribution in [0.2, 0.25) is 0 Å². The summed E-state index contributed by atoms with van der Waals surface area (Å²) >= 11 is 0. The van der Waals surface area contributed by atoms with E-state index >= 15 is 0 Å². The minimum atomic E-state index is 0.211. The van der Waals surface area contributed by atoms with Crippen LogP contribution in [0, 0.1) is 0 Å². The lowest BCUT2D eigenvalue weighted by Gasteiger charge is -2.20. The van der Waals surface area contributed by atoms with Gasteiger partial charge >= 0.3 is 0 Å². The number of aromatic nitrogens is 1. The zero-order chi connectivity index (χ0) is 12.8. The van der Waals surface area contributed by atoms with Gasteiger partial charge in [0.25, 0.3) is 0 Å². The van der Waals surface area contributed by atoms with Gasteiger partial charge in [0.05, 0.1) is 5.69 Å². The molecule has 0 atom stereocenters. The Hall–Kier alpha value is -1.58.